The molecule has 0 saturated heterocycles. The van der Waals surface area contributed by atoms with Crippen molar-refractivity contribution in [3.05, 3.63) is 94.0 Å². The van der Waals surface area contributed by atoms with E-state index in [2.05, 4.69) is 5.32 Å². The molecule has 0 saturated carbocycles. The van der Waals surface area contributed by atoms with Crippen LogP contribution in [0, 0.1) is 20.8 Å². The average molecular weight is 584 g/mol. The number of anilines is 1. The molecule has 3 rings (SSSR count). The first kappa shape index (κ1) is 31.2. The van der Waals surface area contributed by atoms with Gasteiger partial charge in [0.1, 0.15) is 12.6 Å². The monoisotopic (exact) mass is 583 g/mol. The molecule has 7 nitrogen and oxygen atoms in total. The number of nitrogens with zero attached hydrogens (tertiary/aromatic N) is 2. The lowest BCUT2D eigenvalue weighted by Crippen LogP contribution is -2.51. The summed E-state index contributed by atoms with van der Waals surface area (Å²) in [6.07, 6.45) is 1.74. The summed E-state index contributed by atoms with van der Waals surface area (Å²) in [6.45, 7) is 9.44. The Morgan fingerprint density at radius 1 is 0.950 bits per heavy atom. The number of sulfonamides is 1. The number of halogens is 1. The largest absolute Gasteiger partial charge is 0.354 e. The maximum absolute atomic E-state index is 14.0. The number of aryl methyl sites for hydroxylation is 2. The van der Waals surface area contributed by atoms with Gasteiger partial charge in [-0.05, 0) is 81.1 Å². The van der Waals surface area contributed by atoms with Crippen molar-refractivity contribution in [1.29, 1.82) is 0 Å². The van der Waals surface area contributed by atoms with Gasteiger partial charge in [-0.3, -0.25) is 13.9 Å². The molecule has 1 N–H and O–H groups in total. The zero-order chi connectivity index (χ0) is 29.4. The third-order valence-corrected chi connectivity index (χ3v) is 9.02. The Kier molecular flexibility index (Phi) is 10.8. The van der Waals surface area contributed by atoms with Crippen LogP contribution in [0.5, 0.6) is 0 Å². The minimum absolute atomic E-state index is 0.0846. The van der Waals surface area contributed by atoms with E-state index in [1.54, 1.807) is 67.6 Å². The van der Waals surface area contributed by atoms with Crippen molar-refractivity contribution in [3.8, 4) is 0 Å². The lowest BCUT2D eigenvalue weighted by molar-refractivity contribution is -0.139. The highest BCUT2D eigenvalue weighted by Crippen LogP contribution is 2.29. The molecule has 0 radical (unpaired) electrons. The molecule has 1 atom stereocenters. The predicted octanol–water partition coefficient (Wildman–Crippen LogP) is 5.79. The van der Waals surface area contributed by atoms with Gasteiger partial charge in [0.05, 0.1) is 10.6 Å². The summed E-state index contributed by atoms with van der Waals surface area (Å²) in [5.74, 6) is -0.792. The van der Waals surface area contributed by atoms with Crippen molar-refractivity contribution >= 4 is 39.1 Å². The van der Waals surface area contributed by atoms with Crippen molar-refractivity contribution in [3.63, 3.8) is 0 Å². The second-order valence-electron chi connectivity index (χ2n) is 10.0. The van der Waals surface area contributed by atoms with Gasteiger partial charge >= 0.3 is 0 Å². The predicted molar refractivity (Wildman–Crippen MR) is 161 cm³/mol. The van der Waals surface area contributed by atoms with Gasteiger partial charge in [-0.2, -0.15) is 0 Å². The molecule has 0 unspecified atom stereocenters. The molecule has 0 aliphatic heterocycles. The highest BCUT2D eigenvalue weighted by Gasteiger charge is 2.33. The highest BCUT2D eigenvalue weighted by molar-refractivity contribution is 7.92. The van der Waals surface area contributed by atoms with E-state index in [1.165, 1.54) is 4.90 Å². The lowest BCUT2D eigenvalue weighted by atomic mass is 10.1. The molecule has 3 aromatic carbocycles. The van der Waals surface area contributed by atoms with E-state index >= 15 is 0 Å². The maximum atomic E-state index is 14.0. The minimum Gasteiger partial charge on any atom is -0.354 e. The summed E-state index contributed by atoms with van der Waals surface area (Å²) in [4.78, 5) is 28.6. The second-order valence-corrected chi connectivity index (χ2v) is 12.3. The van der Waals surface area contributed by atoms with Crippen LogP contribution in [0.1, 0.15) is 48.9 Å². The molecule has 0 spiro atoms. The van der Waals surface area contributed by atoms with Gasteiger partial charge in [0.2, 0.25) is 11.8 Å². The Balaban J connectivity index is 2.04. The van der Waals surface area contributed by atoms with Gasteiger partial charge in [0, 0.05) is 18.1 Å². The van der Waals surface area contributed by atoms with Crippen molar-refractivity contribution in [1.82, 2.24) is 10.2 Å². The number of unbranched alkanes of at least 4 members (excludes halogenated alkanes) is 1. The van der Waals surface area contributed by atoms with Crippen LogP contribution < -0.4 is 9.62 Å². The molecule has 9 heteroatoms. The van der Waals surface area contributed by atoms with Gasteiger partial charge in [0.15, 0.2) is 0 Å². The number of nitrogens with one attached hydrogen (secondary N) is 1. The first-order valence-corrected chi connectivity index (χ1v) is 15.2. The van der Waals surface area contributed by atoms with E-state index in [9.17, 15) is 18.0 Å². The van der Waals surface area contributed by atoms with Gasteiger partial charge in [-0.25, -0.2) is 8.42 Å². The lowest BCUT2D eigenvalue weighted by Gasteiger charge is -2.32. The number of rotatable bonds is 12. The Labute approximate surface area is 243 Å². The molecule has 214 valence electrons. The number of hydrogen-bond donors (Lipinski definition) is 1. The number of carbonyl (C=O) groups excluding carboxylic acids is 2. The van der Waals surface area contributed by atoms with E-state index < -0.39 is 28.5 Å². The second kappa shape index (κ2) is 13.8. The molecule has 0 fully saturated rings. The maximum Gasteiger partial charge on any atom is 0.264 e. The van der Waals surface area contributed by atoms with Gasteiger partial charge in [-0.1, -0.05) is 66.9 Å². The van der Waals surface area contributed by atoms with Crippen molar-refractivity contribution in [2.24, 2.45) is 0 Å². The zero-order valence-electron chi connectivity index (χ0n) is 23.8. The van der Waals surface area contributed by atoms with E-state index in [-0.39, 0.29) is 17.3 Å². The molecule has 0 heterocycles. The average Bonchev–Trinajstić information content (AvgIpc) is 2.93. The Bertz CT molecular complexity index is 1420. The fraction of sp³-hybridized carbons (Fsp3) is 0.355. The van der Waals surface area contributed by atoms with Crippen LogP contribution in [0.15, 0.2) is 71.6 Å². The van der Waals surface area contributed by atoms with Crippen molar-refractivity contribution in [2.75, 3.05) is 17.4 Å². The van der Waals surface area contributed by atoms with Crippen LogP contribution >= 0.6 is 11.6 Å². The molecular formula is C31H38ClN3O4S. The zero-order valence-corrected chi connectivity index (χ0v) is 25.3. The molecule has 40 heavy (non-hydrogen) atoms. The van der Waals surface area contributed by atoms with Crippen LogP contribution in [-0.4, -0.2) is 44.3 Å². The third kappa shape index (κ3) is 7.64. The molecule has 0 aliphatic rings. The van der Waals surface area contributed by atoms with E-state index in [1.807, 2.05) is 33.8 Å². The van der Waals surface area contributed by atoms with Gasteiger partial charge in [-0.15, -0.1) is 0 Å². The highest BCUT2D eigenvalue weighted by atomic mass is 35.5. The summed E-state index contributed by atoms with van der Waals surface area (Å²) >= 11 is 6.06. The summed E-state index contributed by atoms with van der Waals surface area (Å²) in [7, 11) is -4.11. The molecule has 0 bridgehead atoms. The van der Waals surface area contributed by atoms with E-state index in [4.69, 9.17) is 11.6 Å². The number of hydrogen-bond acceptors (Lipinski definition) is 4. The van der Waals surface area contributed by atoms with Crippen LogP contribution in [0.4, 0.5) is 5.69 Å². The third-order valence-electron chi connectivity index (χ3n) is 7.00. The number of benzene rings is 3. The fourth-order valence-corrected chi connectivity index (χ4v) is 5.86. The van der Waals surface area contributed by atoms with Crippen molar-refractivity contribution in [2.45, 2.75) is 64.9 Å². The Hall–Kier alpha value is -3.36. The first-order valence-electron chi connectivity index (χ1n) is 13.4. The number of amides is 2. The summed E-state index contributed by atoms with van der Waals surface area (Å²) < 4.78 is 29.2. The Morgan fingerprint density at radius 2 is 1.60 bits per heavy atom. The smallest absolute Gasteiger partial charge is 0.264 e. The molecule has 0 aliphatic carbocycles. The van der Waals surface area contributed by atoms with Crippen LogP contribution in [0.2, 0.25) is 5.02 Å². The molecule has 2 amide bonds. The van der Waals surface area contributed by atoms with E-state index in [0.29, 0.717) is 17.3 Å². The minimum atomic E-state index is -4.11. The van der Waals surface area contributed by atoms with Gasteiger partial charge in [0.25, 0.3) is 10.0 Å². The van der Waals surface area contributed by atoms with Crippen LogP contribution in [-0.2, 0) is 26.2 Å². The summed E-state index contributed by atoms with van der Waals surface area (Å²) in [6, 6.07) is 18.1. The van der Waals surface area contributed by atoms with Crippen LogP contribution in [0.3, 0.4) is 0 Å². The SMILES string of the molecule is CCCCNC(=O)[C@@H](C)N(Cc1ccc(Cl)cc1)C(=O)CN(c1cccc(C)c1C)S(=O)(=O)c1ccc(C)cc1. The topological polar surface area (TPSA) is 86.8 Å². The normalized spacial score (nSPS) is 12.1. The standard InChI is InChI=1S/C31H38ClN3O4S/c1-6-7-19-33-31(37)25(5)34(20-26-13-15-27(32)16-14-26)30(36)21-35(29-10-8-9-23(3)24(29)4)40(38,39)28-17-11-22(2)12-18-28/h8-18,25H,6-7,19-21H2,1-5H3,(H,33,37)/t25-/m1/s1. The van der Waals surface area contributed by atoms with E-state index in [0.717, 1.165) is 39.4 Å². The summed E-state index contributed by atoms with van der Waals surface area (Å²) in [5, 5.41) is 3.44. The van der Waals surface area contributed by atoms with Crippen LogP contribution in [0.25, 0.3) is 0 Å². The molecular weight excluding hydrogens is 546 g/mol. The fourth-order valence-electron chi connectivity index (χ4n) is 4.26. The van der Waals surface area contributed by atoms with Crippen molar-refractivity contribution < 1.29 is 18.0 Å². The molecule has 0 aromatic heterocycles. The Morgan fingerprint density at radius 3 is 2.23 bits per heavy atom. The number of carbonyl (C=O) groups is 2. The molecule has 3 aromatic rings. The quantitative estimate of drug-likeness (QED) is 0.273. The summed E-state index contributed by atoms with van der Waals surface area (Å²) in [5.41, 5.74) is 3.76. The van der Waals surface area contributed by atoms with Gasteiger partial charge < -0.3 is 10.2 Å². The first-order chi connectivity index (χ1) is 18.9.